The lowest BCUT2D eigenvalue weighted by Crippen LogP contribution is -2.39. The third-order valence-corrected chi connectivity index (χ3v) is 7.96. The standard InChI is InChI=1S/C21H23N3O3S2/c1-15-6-5-11-24(14-15)29(26,27)17-8-4-7-16(12-17)19(25)13-22-21-23-18-9-2-3-10-20(18)28-21/h2-4,7-10,12,15H,5-6,11,13-14H2,1H3,(H,22,23). The summed E-state index contributed by atoms with van der Waals surface area (Å²) in [6.07, 6.45) is 1.91. The van der Waals surface area contributed by atoms with Gasteiger partial charge in [-0.15, -0.1) is 0 Å². The summed E-state index contributed by atoms with van der Waals surface area (Å²) in [6.45, 7) is 3.18. The fraction of sp³-hybridized carbons (Fsp3) is 0.333. The Hall–Kier alpha value is -2.29. The molecule has 1 unspecified atom stereocenters. The van der Waals surface area contributed by atoms with E-state index in [0.29, 0.717) is 29.7 Å². The lowest BCUT2D eigenvalue weighted by atomic mass is 10.0. The highest BCUT2D eigenvalue weighted by molar-refractivity contribution is 7.89. The van der Waals surface area contributed by atoms with Crippen LogP contribution < -0.4 is 5.32 Å². The fourth-order valence-electron chi connectivity index (χ4n) is 3.55. The van der Waals surface area contributed by atoms with Crippen molar-refractivity contribution in [3.05, 3.63) is 54.1 Å². The number of anilines is 1. The molecular weight excluding hydrogens is 406 g/mol. The minimum atomic E-state index is -3.58. The van der Waals surface area contributed by atoms with Crippen LogP contribution in [0, 0.1) is 5.92 Å². The van der Waals surface area contributed by atoms with Crippen molar-refractivity contribution in [3.63, 3.8) is 0 Å². The van der Waals surface area contributed by atoms with Gasteiger partial charge in [0.15, 0.2) is 10.9 Å². The van der Waals surface area contributed by atoms with E-state index < -0.39 is 10.0 Å². The van der Waals surface area contributed by atoms with Crippen molar-refractivity contribution >= 4 is 42.5 Å². The van der Waals surface area contributed by atoms with Crippen molar-refractivity contribution in [2.24, 2.45) is 5.92 Å². The van der Waals surface area contributed by atoms with Crippen LogP contribution in [-0.2, 0) is 10.0 Å². The van der Waals surface area contributed by atoms with Gasteiger partial charge in [0.05, 0.1) is 21.7 Å². The second kappa shape index (κ2) is 8.22. The lowest BCUT2D eigenvalue weighted by molar-refractivity contribution is 0.101. The number of thiazole rings is 1. The van der Waals surface area contributed by atoms with Gasteiger partial charge in [-0.3, -0.25) is 4.79 Å². The van der Waals surface area contributed by atoms with E-state index in [1.165, 1.54) is 21.7 Å². The van der Waals surface area contributed by atoms with Gasteiger partial charge in [0.2, 0.25) is 10.0 Å². The number of hydrogen-bond acceptors (Lipinski definition) is 6. The molecule has 152 valence electrons. The molecule has 8 heteroatoms. The third kappa shape index (κ3) is 4.34. The highest BCUT2D eigenvalue weighted by Gasteiger charge is 2.29. The maximum Gasteiger partial charge on any atom is 0.243 e. The Kier molecular flexibility index (Phi) is 5.67. The van der Waals surface area contributed by atoms with E-state index in [0.717, 1.165) is 23.1 Å². The largest absolute Gasteiger partial charge is 0.354 e. The van der Waals surface area contributed by atoms with Gasteiger partial charge in [0.1, 0.15) is 0 Å². The molecule has 1 fully saturated rings. The van der Waals surface area contributed by atoms with Crippen molar-refractivity contribution in [2.75, 3.05) is 25.0 Å². The molecule has 6 nitrogen and oxygen atoms in total. The molecule has 0 bridgehead atoms. The van der Waals surface area contributed by atoms with Gasteiger partial charge in [0, 0.05) is 18.7 Å². The maximum atomic E-state index is 13.0. The molecule has 1 saturated heterocycles. The summed E-state index contributed by atoms with van der Waals surface area (Å²) < 4.78 is 28.5. The molecule has 29 heavy (non-hydrogen) atoms. The van der Waals surface area contributed by atoms with Crippen LogP contribution in [0.3, 0.4) is 0 Å². The number of rotatable bonds is 6. The molecule has 2 heterocycles. The first-order chi connectivity index (χ1) is 13.9. The Morgan fingerprint density at radius 2 is 2.07 bits per heavy atom. The second-order valence-corrected chi connectivity index (χ2v) is 10.4. The molecule has 0 saturated carbocycles. The smallest absolute Gasteiger partial charge is 0.243 e. The number of nitrogens with zero attached hydrogens (tertiary/aromatic N) is 2. The van der Waals surface area contributed by atoms with E-state index in [1.807, 2.05) is 24.3 Å². The summed E-state index contributed by atoms with van der Waals surface area (Å²) in [5.41, 5.74) is 1.26. The number of benzene rings is 2. The highest BCUT2D eigenvalue weighted by atomic mass is 32.2. The average molecular weight is 430 g/mol. The molecule has 3 aromatic rings. The number of hydrogen-bond donors (Lipinski definition) is 1. The Morgan fingerprint density at radius 1 is 1.24 bits per heavy atom. The zero-order valence-corrected chi connectivity index (χ0v) is 17.8. The number of Topliss-reactive ketones (excluding diaryl/α,β-unsaturated/α-hetero) is 1. The van der Waals surface area contributed by atoms with Crippen molar-refractivity contribution in [1.29, 1.82) is 0 Å². The number of fused-ring (bicyclic) bond motifs is 1. The van der Waals surface area contributed by atoms with Crippen LogP contribution in [0.2, 0.25) is 0 Å². The van der Waals surface area contributed by atoms with Gasteiger partial charge in [-0.25, -0.2) is 13.4 Å². The third-order valence-electron chi connectivity index (χ3n) is 5.11. The molecule has 2 aromatic carbocycles. The molecule has 1 N–H and O–H groups in total. The van der Waals surface area contributed by atoms with Gasteiger partial charge in [-0.1, -0.05) is 42.5 Å². The first-order valence-corrected chi connectivity index (χ1v) is 11.9. The van der Waals surface area contributed by atoms with Gasteiger partial charge >= 0.3 is 0 Å². The predicted octanol–water partition coefficient (Wildman–Crippen LogP) is 4.01. The SMILES string of the molecule is CC1CCCN(S(=O)(=O)c2cccc(C(=O)CNc3nc4ccccc4s3)c2)C1. The number of carbonyl (C=O) groups excluding carboxylic acids is 1. The van der Waals surface area contributed by atoms with E-state index in [4.69, 9.17) is 0 Å². The summed E-state index contributed by atoms with van der Waals surface area (Å²) in [6, 6.07) is 14.1. The number of sulfonamides is 1. The Labute approximate surface area is 174 Å². The van der Waals surface area contributed by atoms with Crippen LogP contribution in [0.1, 0.15) is 30.1 Å². The Balaban J connectivity index is 1.48. The lowest BCUT2D eigenvalue weighted by Gasteiger charge is -2.30. The molecule has 1 aliphatic rings. The topological polar surface area (TPSA) is 79.4 Å². The van der Waals surface area contributed by atoms with Crippen LogP contribution >= 0.6 is 11.3 Å². The minimum Gasteiger partial charge on any atom is -0.354 e. The van der Waals surface area contributed by atoms with E-state index in [2.05, 4.69) is 17.2 Å². The maximum absolute atomic E-state index is 13.0. The number of ketones is 1. The number of piperidine rings is 1. The quantitative estimate of drug-likeness (QED) is 0.599. The first-order valence-electron chi connectivity index (χ1n) is 9.66. The minimum absolute atomic E-state index is 0.0596. The van der Waals surface area contributed by atoms with Crippen LogP contribution in [-0.4, -0.2) is 43.1 Å². The predicted molar refractivity (Wildman–Crippen MR) is 116 cm³/mol. The monoisotopic (exact) mass is 429 g/mol. The summed E-state index contributed by atoms with van der Waals surface area (Å²) in [4.78, 5) is 17.3. The fourth-order valence-corrected chi connectivity index (χ4v) is 6.06. The highest BCUT2D eigenvalue weighted by Crippen LogP contribution is 2.26. The molecule has 0 aliphatic carbocycles. The zero-order chi connectivity index (χ0) is 20.4. The van der Waals surface area contributed by atoms with Gasteiger partial charge in [-0.2, -0.15) is 4.31 Å². The van der Waals surface area contributed by atoms with Gasteiger partial charge in [-0.05, 0) is 43.0 Å². The van der Waals surface area contributed by atoms with Crippen LogP contribution in [0.15, 0.2) is 53.4 Å². The van der Waals surface area contributed by atoms with Crippen molar-refractivity contribution in [3.8, 4) is 0 Å². The van der Waals surface area contributed by atoms with Gasteiger partial charge < -0.3 is 5.32 Å². The second-order valence-electron chi connectivity index (χ2n) is 7.40. The molecule has 0 spiro atoms. The summed E-state index contributed by atoms with van der Waals surface area (Å²) >= 11 is 1.48. The normalized spacial score (nSPS) is 18.0. The van der Waals surface area contributed by atoms with Crippen molar-refractivity contribution in [1.82, 2.24) is 9.29 Å². The van der Waals surface area contributed by atoms with E-state index in [1.54, 1.807) is 18.2 Å². The first kappa shape index (κ1) is 20.0. The molecule has 1 aromatic heterocycles. The molecule has 0 radical (unpaired) electrons. The van der Waals surface area contributed by atoms with E-state index in [-0.39, 0.29) is 17.2 Å². The number of carbonyl (C=O) groups is 1. The van der Waals surface area contributed by atoms with Crippen LogP contribution in [0.25, 0.3) is 10.2 Å². The van der Waals surface area contributed by atoms with E-state index in [9.17, 15) is 13.2 Å². The van der Waals surface area contributed by atoms with E-state index >= 15 is 0 Å². The molecule has 4 rings (SSSR count). The molecule has 1 atom stereocenters. The number of nitrogens with one attached hydrogen (secondary N) is 1. The van der Waals surface area contributed by atoms with Crippen molar-refractivity contribution in [2.45, 2.75) is 24.7 Å². The van der Waals surface area contributed by atoms with Crippen LogP contribution in [0.5, 0.6) is 0 Å². The molecular formula is C21H23N3O3S2. The van der Waals surface area contributed by atoms with Gasteiger partial charge in [0.25, 0.3) is 0 Å². The summed E-state index contributed by atoms with van der Waals surface area (Å²) in [7, 11) is -3.58. The van der Waals surface area contributed by atoms with Crippen LogP contribution in [0.4, 0.5) is 5.13 Å². The molecule has 0 amide bonds. The van der Waals surface area contributed by atoms with Crippen molar-refractivity contribution < 1.29 is 13.2 Å². The summed E-state index contributed by atoms with van der Waals surface area (Å²) in [5.74, 6) is 0.176. The number of aromatic nitrogens is 1. The number of para-hydroxylation sites is 1. The summed E-state index contributed by atoms with van der Waals surface area (Å²) in [5, 5.41) is 3.73. The Morgan fingerprint density at radius 3 is 2.86 bits per heavy atom. The average Bonchev–Trinajstić information content (AvgIpc) is 3.15. The molecule has 1 aliphatic heterocycles. The zero-order valence-electron chi connectivity index (χ0n) is 16.2. The Bertz CT molecular complexity index is 1110.